The molecule has 4 aliphatic rings. The van der Waals surface area contributed by atoms with Crippen molar-refractivity contribution >= 4 is 44.7 Å². The minimum Gasteiger partial charge on any atom is -0.365 e. The number of anilines is 1. The molecule has 4 heterocycles. The second-order valence-corrected chi connectivity index (χ2v) is 13.3. The highest BCUT2D eigenvalue weighted by Crippen LogP contribution is 2.59. The molecule has 0 atom stereocenters. The summed E-state index contributed by atoms with van der Waals surface area (Å²) in [4.78, 5) is 41.1. The van der Waals surface area contributed by atoms with E-state index in [9.17, 15) is 32.9 Å². The Morgan fingerprint density at radius 1 is 1.16 bits per heavy atom. The maximum Gasteiger partial charge on any atom is 0.433 e. The molecule has 3 N–H and O–H groups in total. The van der Waals surface area contributed by atoms with Gasteiger partial charge in [-0.05, 0) is 74.8 Å². The highest BCUT2D eigenvalue weighted by atomic mass is 32.1. The first-order valence-electron chi connectivity index (χ1n) is 14.1. The number of nitrogens with zero attached hydrogens (tertiary/aromatic N) is 6. The van der Waals surface area contributed by atoms with Gasteiger partial charge in [-0.2, -0.15) is 23.4 Å². The third kappa shape index (κ3) is 4.37. The Kier molecular flexibility index (Phi) is 6.19. The predicted molar refractivity (Wildman–Crippen MR) is 153 cm³/mol. The molecule has 230 valence electrons. The molecular weight excluding hydrogens is 601 g/mol. The maximum absolute atomic E-state index is 13.9. The number of aromatic nitrogens is 5. The molecule has 12 nitrogen and oxygen atoms in total. The van der Waals surface area contributed by atoms with Crippen LogP contribution >= 0.6 is 11.3 Å². The third-order valence-corrected chi connectivity index (χ3v) is 10.6. The Morgan fingerprint density at radius 2 is 1.80 bits per heavy atom. The number of rotatable bonds is 6. The molecule has 4 aromatic heterocycles. The van der Waals surface area contributed by atoms with Crippen molar-refractivity contribution in [1.29, 1.82) is 0 Å². The smallest absolute Gasteiger partial charge is 0.365 e. The summed E-state index contributed by atoms with van der Waals surface area (Å²) in [5.74, 6) is -0.461. The molecule has 44 heavy (non-hydrogen) atoms. The van der Waals surface area contributed by atoms with Crippen LogP contribution in [0.15, 0.2) is 18.5 Å². The fraction of sp³-hybridized carbons (Fsp3) is 0.464. The first kappa shape index (κ1) is 28.4. The zero-order chi connectivity index (χ0) is 31.3. The van der Waals surface area contributed by atoms with E-state index in [0.717, 1.165) is 44.6 Å². The van der Waals surface area contributed by atoms with Crippen molar-refractivity contribution in [2.45, 2.75) is 57.2 Å². The fourth-order valence-corrected chi connectivity index (χ4v) is 8.94. The standard InChI is InChI=1S/C28H27F3N8O4S/c1-12-17(10-33-37(12)2)16-6-19(28(29,30)31)34-26-20(16)22(23(44-26)24(32)40)35-25(41)21-18(39(42)43)11-38(36-21)27-7-13-3-14(8-27)5-15(4-13)9-27/h6,10-11,13-15H,3-5,7-9H2,1-2H3,(H2,32,40)(H,35,41). The van der Waals surface area contributed by atoms with Crippen molar-refractivity contribution in [3.63, 3.8) is 0 Å². The lowest BCUT2D eigenvalue weighted by atomic mass is 9.53. The molecule has 4 fully saturated rings. The van der Waals surface area contributed by atoms with E-state index in [4.69, 9.17) is 5.73 Å². The number of hydrogen-bond donors (Lipinski definition) is 2. The van der Waals surface area contributed by atoms with Crippen LogP contribution in [0.25, 0.3) is 21.3 Å². The average molecular weight is 629 g/mol. The lowest BCUT2D eigenvalue weighted by Crippen LogP contribution is -2.52. The van der Waals surface area contributed by atoms with Crippen LogP contribution in [0.5, 0.6) is 0 Å². The number of nitrogens with two attached hydrogens (primary N) is 1. The third-order valence-electron chi connectivity index (χ3n) is 9.54. The van der Waals surface area contributed by atoms with E-state index in [1.54, 1.807) is 18.7 Å². The van der Waals surface area contributed by atoms with Gasteiger partial charge in [-0.25, -0.2) is 4.98 Å². The summed E-state index contributed by atoms with van der Waals surface area (Å²) >= 11 is 0.588. The fourth-order valence-electron chi connectivity index (χ4n) is 7.93. The van der Waals surface area contributed by atoms with Gasteiger partial charge in [0, 0.05) is 23.7 Å². The number of halogens is 3. The molecule has 0 radical (unpaired) electrons. The van der Waals surface area contributed by atoms with Crippen molar-refractivity contribution in [1.82, 2.24) is 24.5 Å². The van der Waals surface area contributed by atoms with E-state index in [1.807, 2.05) is 0 Å². The van der Waals surface area contributed by atoms with Gasteiger partial charge >= 0.3 is 11.9 Å². The summed E-state index contributed by atoms with van der Waals surface area (Å²) in [7, 11) is 1.62. The van der Waals surface area contributed by atoms with Crippen LogP contribution in [-0.2, 0) is 18.8 Å². The van der Waals surface area contributed by atoms with Crippen LogP contribution in [0.4, 0.5) is 24.5 Å². The second kappa shape index (κ2) is 9.58. The molecule has 4 aliphatic carbocycles. The molecule has 2 amide bonds. The Bertz CT molecular complexity index is 1860. The molecule has 4 aromatic rings. The number of alkyl halides is 3. The summed E-state index contributed by atoms with van der Waals surface area (Å²) in [6, 6.07) is 0.823. The normalized spacial score (nSPS) is 24.2. The van der Waals surface area contributed by atoms with Gasteiger partial charge in [-0.15, -0.1) is 11.3 Å². The van der Waals surface area contributed by atoms with Gasteiger partial charge in [0.05, 0.1) is 22.3 Å². The molecule has 4 bridgehead atoms. The van der Waals surface area contributed by atoms with E-state index < -0.39 is 45.5 Å². The molecule has 4 saturated carbocycles. The van der Waals surface area contributed by atoms with Crippen LogP contribution in [0.3, 0.4) is 0 Å². The Hall–Kier alpha value is -4.34. The summed E-state index contributed by atoms with van der Waals surface area (Å²) < 4.78 is 44.7. The minimum absolute atomic E-state index is 0.0144. The zero-order valence-corrected chi connectivity index (χ0v) is 24.5. The molecule has 0 aromatic carbocycles. The Balaban J connectivity index is 1.36. The number of nitro groups is 1. The largest absolute Gasteiger partial charge is 0.433 e. The van der Waals surface area contributed by atoms with Gasteiger partial charge in [0.25, 0.3) is 11.8 Å². The van der Waals surface area contributed by atoms with Crippen LogP contribution < -0.4 is 11.1 Å². The first-order valence-corrected chi connectivity index (χ1v) is 14.9. The Morgan fingerprint density at radius 3 is 2.32 bits per heavy atom. The van der Waals surface area contributed by atoms with Crippen molar-refractivity contribution in [3.05, 3.63) is 50.5 Å². The SMILES string of the molecule is Cc1c(-c2cc(C(F)(F)F)nc3sc(C(N)=O)c(NC(=O)c4nn(C56CC7CC(CC(C7)C5)C6)cc4[N+](=O)[O-])c23)cnn1C. The van der Waals surface area contributed by atoms with E-state index >= 15 is 0 Å². The highest BCUT2D eigenvalue weighted by Gasteiger charge is 2.53. The number of primary amides is 1. The summed E-state index contributed by atoms with van der Waals surface area (Å²) in [5.41, 5.74) is 3.69. The number of nitrogens with one attached hydrogen (secondary N) is 1. The quantitative estimate of drug-likeness (QED) is 0.213. The van der Waals surface area contributed by atoms with Gasteiger partial charge in [0.2, 0.25) is 5.69 Å². The van der Waals surface area contributed by atoms with E-state index in [1.165, 1.54) is 17.1 Å². The van der Waals surface area contributed by atoms with Gasteiger partial charge < -0.3 is 11.1 Å². The summed E-state index contributed by atoms with van der Waals surface area (Å²) in [6.07, 6.45) is 3.78. The number of aryl methyl sites for hydroxylation is 1. The van der Waals surface area contributed by atoms with Gasteiger partial charge in [-0.1, -0.05) is 0 Å². The molecule has 8 rings (SSSR count). The lowest BCUT2D eigenvalue weighted by molar-refractivity contribution is -0.385. The van der Waals surface area contributed by atoms with E-state index in [-0.39, 0.29) is 26.3 Å². The van der Waals surface area contributed by atoms with Crippen LogP contribution in [0, 0.1) is 34.8 Å². The van der Waals surface area contributed by atoms with Crippen LogP contribution in [0.1, 0.15) is 70.1 Å². The highest BCUT2D eigenvalue weighted by molar-refractivity contribution is 7.21. The molecule has 0 aliphatic heterocycles. The van der Waals surface area contributed by atoms with Gasteiger partial charge in [-0.3, -0.25) is 29.1 Å². The van der Waals surface area contributed by atoms with Crippen LogP contribution in [-0.4, -0.2) is 41.3 Å². The lowest BCUT2D eigenvalue weighted by Gasteiger charge is -2.56. The number of amides is 2. The van der Waals surface area contributed by atoms with E-state index in [2.05, 4.69) is 20.5 Å². The van der Waals surface area contributed by atoms with Gasteiger partial charge in [0.1, 0.15) is 21.6 Å². The van der Waals surface area contributed by atoms with Crippen LogP contribution in [0.2, 0.25) is 0 Å². The van der Waals surface area contributed by atoms with Crippen molar-refractivity contribution in [3.8, 4) is 11.1 Å². The number of carbonyl (C=O) groups excluding carboxylic acids is 2. The second-order valence-electron chi connectivity index (χ2n) is 12.3. The molecule has 0 saturated heterocycles. The maximum atomic E-state index is 13.9. The number of thiophene rings is 1. The van der Waals surface area contributed by atoms with Gasteiger partial charge in [0.15, 0.2) is 0 Å². The van der Waals surface area contributed by atoms with Crippen molar-refractivity contribution in [2.24, 2.45) is 30.5 Å². The Labute approximate surface area is 251 Å². The zero-order valence-electron chi connectivity index (χ0n) is 23.6. The molecule has 16 heteroatoms. The number of pyridine rings is 1. The van der Waals surface area contributed by atoms with Crippen molar-refractivity contribution in [2.75, 3.05) is 5.32 Å². The first-order chi connectivity index (χ1) is 20.7. The summed E-state index contributed by atoms with van der Waals surface area (Å²) in [6.45, 7) is 1.65. The number of hydrogen-bond acceptors (Lipinski definition) is 8. The topological polar surface area (TPSA) is 164 Å². The molecule has 0 unspecified atom stereocenters. The molecule has 0 spiro atoms. The molecular formula is C28H27F3N8O4S. The minimum atomic E-state index is -4.82. The average Bonchev–Trinajstić information content (AvgIpc) is 3.63. The number of carbonyl (C=O) groups is 2. The number of fused-ring (bicyclic) bond motifs is 1. The van der Waals surface area contributed by atoms with E-state index in [0.29, 0.717) is 40.3 Å². The predicted octanol–water partition coefficient (Wildman–Crippen LogP) is 5.41. The monoisotopic (exact) mass is 628 g/mol. The summed E-state index contributed by atoms with van der Waals surface area (Å²) in [5, 5.41) is 23.3. The van der Waals surface area contributed by atoms with Crippen molar-refractivity contribution < 1.29 is 27.7 Å².